The number of likely N-dealkylation sites (tertiary alicyclic amines) is 1. The predicted octanol–water partition coefficient (Wildman–Crippen LogP) is 3.39. The molecule has 2 amide bonds. The third kappa shape index (κ3) is 4.50. The SMILES string of the molecule is O=C(O)C1CCN(C(=O)OCC2c3ccccc3-c3ccccc32)CC1NC(=O)C(F)(F)F. The lowest BCUT2D eigenvalue weighted by molar-refractivity contribution is -0.175. The van der Waals surface area contributed by atoms with Crippen LogP contribution in [-0.4, -0.2) is 59.9 Å². The maximum absolute atomic E-state index is 12.7. The summed E-state index contributed by atoms with van der Waals surface area (Å²) in [6, 6.07) is 14.1. The van der Waals surface area contributed by atoms with Gasteiger partial charge in [0.25, 0.3) is 0 Å². The van der Waals surface area contributed by atoms with Crippen molar-refractivity contribution in [2.24, 2.45) is 5.92 Å². The van der Waals surface area contributed by atoms with Gasteiger partial charge in [0.15, 0.2) is 0 Å². The monoisotopic (exact) mass is 462 g/mol. The first kappa shape index (κ1) is 22.6. The molecule has 4 rings (SSSR count). The number of alkyl halides is 3. The zero-order chi connectivity index (χ0) is 23.8. The van der Waals surface area contributed by atoms with E-state index >= 15 is 0 Å². The number of carboxylic acid groups (broad SMARTS) is 1. The molecule has 7 nitrogen and oxygen atoms in total. The molecular weight excluding hydrogens is 441 g/mol. The fraction of sp³-hybridized carbons (Fsp3) is 0.348. The Morgan fingerprint density at radius 1 is 1.03 bits per heavy atom. The van der Waals surface area contributed by atoms with E-state index in [0.29, 0.717) is 0 Å². The number of hydrogen-bond acceptors (Lipinski definition) is 4. The molecule has 10 heteroatoms. The van der Waals surface area contributed by atoms with Crippen molar-refractivity contribution in [1.82, 2.24) is 10.2 Å². The average Bonchev–Trinajstić information content (AvgIpc) is 3.10. The van der Waals surface area contributed by atoms with E-state index in [4.69, 9.17) is 4.74 Å². The Morgan fingerprint density at radius 3 is 2.15 bits per heavy atom. The van der Waals surface area contributed by atoms with Crippen LogP contribution in [0.1, 0.15) is 23.5 Å². The van der Waals surface area contributed by atoms with Gasteiger partial charge in [-0.2, -0.15) is 13.2 Å². The molecule has 2 aromatic rings. The summed E-state index contributed by atoms with van der Waals surface area (Å²) in [5.74, 6) is -5.02. The van der Waals surface area contributed by atoms with Crippen molar-refractivity contribution in [2.75, 3.05) is 19.7 Å². The van der Waals surface area contributed by atoms with E-state index in [1.807, 2.05) is 48.5 Å². The van der Waals surface area contributed by atoms with Crippen LogP contribution in [0.3, 0.4) is 0 Å². The molecule has 0 saturated carbocycles. The molecule has 0 spiro atoms. The molecule has 0 aromatic heterocycles. The van der Waals surface area contributed by atoms with Crippen molar-refractivity contribution in [1.29, 1.82) is 0 Å². The number of nitrogens with one attached hydrogen (secondary N) is 1. The maximum Gasteiger partial charge on any atom is 0.471 e. The van der Waals surface area contributed by atoms with Crippen molar-refractivity contribution in [3.8, 4) is 11.1 Å². The van der Waals surface area contributed by atoms with Crippen molar-refractivity contribution in [3.05, 3.63) is 59.7 Å². The number of benzene rings is 2. The second-order valence-electron chi connectivity index (χ2n) is 8.06. The highest BCUT2D eigenvalue weighted by Gasteiger charge is 2.44. The van der Waals surface area contributed by atoms with Gasteiger partial charge < -0.3 is 20.1 Å². The first-order chi connectivity index (χ1) is 15.7. The third-order valence-corrected chi connectivity index (χ3v) is 6.10. The molecule has 2 N–H and O–H groups in total. The Morgan fingerprint density at radius 2 is 1.61 bits per heavy atom. The number of ether oxygens (including phenoxy) is 1. The summed E-state index contributed by atoms with van der Waals surface area (Å²) >= 11 is 0. The number of rotatable bonds is 4. The molecule has 174 valence electrons. The lowest BCUT2D eigenvalue weighted by Gasteiger charge is -2.36. The van der Waals surface area contributed by atoms with Crippen LogP contribution in [0.4, 0.5) is 18.0 Å². The van der Waals surface area contributed by atoms with E-state index in [-0.39, 0.29) is 25.5 Å². The minimum Gasteiger partial charge on any atom is -0.481 e. The molecule has 1 aliphatic heterocycles. The van der Waals surface area contributed by atoms with Gasteiger partial charge in [-0.25, -0.2) is 4.79 Å². The second kappa shape index (κ2) is 8.76. The van der Waals surface area contributed by atoms with Crippen LogP contribution in [0.25, 0.3) is 11.1 Å². The highest BCUT2D eigenvalue weighted by atomic mass is 19.4. The number of carbonyl (C=O) groups is 3. The van der Waals surface area contributed by atoms with E-state index in [2.05, 4.69) is 0 Å². The van der Waals surface area contributed by atoms with E-state index in [1.54, 1.807) is 5.32 Å². The van der Waals surface area contributed by atoms with Gasteiger partial charge in [-0.1, -0.05) is 48.5 Å². The summed E-state index contributed by atoms with van der Waals surface area (Å²) in [5.41, 5.74) is 4.11. The Balaban J connectivity index is 1.45. The van der Waals surface area contributed by atoms with E-state index in [0.717, 1.165) is 27.2 Å². The van der Waals surface area contributed by atoms with Gasteiger partial charge in [0.05, 0.1) is 12.0 Å². The molecule has 2 aliphatic rings. The maximum atomic E-state index is 12.7. The van der Waals surface area contributed by atoms with E-state index < -0.39 is 42.7 Å². The molecule has 2 atom stereocenters. The van der Waals surface area contributed by atoms with Gasteiger partial charge in [0.1, 0.15) is 6.61 Å². The molecular formula is C23H21F3N2O5. The Labute approximate surface area is 187 Å². The molecule has 1 saturated heterocycles. The van der Waals surface area contributed by atoms with E-state index in [9.17, 15) is 32.7 Å². The molecule has 0 radical (unpaired) electrons. The van der Waals surface area contributed by atoms with Gasteiger partial charge in [0.2, 0.25) is 0 Å². The molecule has 1 fully saturated rings. The Kier molecular flexibility index (Phi) is 6.01. The van der Waals surface area contributed by atoms with E-state index in [1.165, 1.54) is 0 Å². The standard InChI is InChI=1S/C23H21F3N2O5/c24-23(25,26)21(31)27-19-11-28(10-9-17(19)20(29)30)22(32)33-12-18-15-7-3-1-5-13(15)14-6-2-4-8-16(14)18/h1-8,17-19H,9-12H2,(H,27,31)(H,29,30). The van der Waals surface area contributed by atoms with Gasteiger partial charge >= 0.3 is 24.1 Å². The largest absolute Gasteiger partial charge is 0.481 e. The van der Waals surface area contributed by atoms with Gasteiger partial charge in [-0.15, -0.1) is 0 Å². The molecule has 2 aromatic carbocycles. The number of hydrogen-bond donors (Lipinski definition) is 2. The van der Waals surface area contributed by atoms with Crippen LogP contribution in [0.2, 0.25) is 0 Å². The van der Waals surface area contributed by atoms with Crippen LogP contribution in [0.15, 0.2) is 48.5 Å². The number of halogens is 3. The minimum atomic E-state index is -5.16. The van der Waals surface area contributed by atoms with Crippen LogP contribution in [0.5, 0.6) is 0 Å². The van der Waals surface area contributed by atoms with Crippen molar-refractivity contribution in [3.63, 3.8) is 0 Å². The normalized spacial score (nSPS) is 20.0. The van der Waals surface area contributed by atoms with Crippen LogP contribution in [-0.2, 0) is 14.3 Å². The number of carbonyl (C=O) groups excluding carboxylic acids is 2. The molecule has 1 heterocycles. The summed E-state index contributed by atoms with van der Waals surface area (Å²) in [6.07, 6.45) is -6.04. The smallest absolute Gasteiger partial charge is 0.471 e. The van der Waals surface area contributed by atoms with Crippen molar-refractivity contribution in [2.45, 2.75) is 24.6 Å². The quantitative estimate of drug-likeness (QED) is 0.726. The summed E-state index contributed by atoms with van der Waals surface area (Å²) in [4.78, 5) is 36.6. The Bertz CT molecular complexity index is 1040. The van der Waals surface area contributed by atoms with Gasteiger partial charge in [-0.05, 0) is 28.7 Å². The van der Waals surface area contributed by atoms with Gasteiger partial charge in [-0.3, -0.25) is 9.59 Å². The second-order valence-corrected chi connectivity index (χ2v) is 8.06. The number of carboxylic acids is 1. The Hall–Kier alpha value is -3.56. The minimum absolute atomic E-state index is 0.00791. The summed E-state index contributed by atoms with van der Waals surface area (Å²) in [7, 11) is 0. The average molecular weight is 462 g/mol. The summed E-state index contributed by atoms with van der Waals surface area (Å²) < 4.78 is 43.5. The topological polar surface area (TPSA) is 95.9 Å². The zero-order valence-corrected chi connectivity index (χ0v) is 17.3. The third-order valence-electron chi connectivity index (χ3n) is 6.10. The number of fused-ring (bicyclic) bond motifs is 3. The van der Waals surface area contributed by atoms with Crippen LogP contribution >= 0.6 is 0 Å². The number of nitrogens with zero attached hydrogens (tertiary/aromatic N) is 1. The summed E-state index contributed by atoms with van der Waals surface area (Å²) in [5, 5.41) is 11.0. The van der Waals surface area contributed by atoms with Crippen LogP contribution in [0, 0.1) is 5.92 Å². The molecule has 2 unspecified atom stereocenters. The predicted molar refractivity (Wildman–Crippen MR) is 110 cm³/mol. The molecule has 0 bridgehead atoms. The van der Waals surface area contributed by atoms with Crippen molar-refractivity contribution < 1.29 is 37.4 Å². The fourth-order valence-electron chi connectivity index (χ4n) is 4.50. The fourth-order valence-corrected chi connectivity index (χ4v) is 4.50. The molecule has 33 heavy (non-hydrogen) atoms. The number of aliphatic carboxylic acids is 1. The first-order valence-electron chi connectivity index (χ1n) is 10.4. The number of amides is 2. The van der Waals surface area contributed by atoms with Gasteiger partial charge in [0, 0.05) is 19.0 Å². The summed E-state index contributed by atoms with van der Waals surface area (Å²) in [6.45, 7) is -0.382. The highest BCUT2D eigenvalue weighted by molar-refractivity contribution is 5.83. The lowest BCUT2D eigenvalue weighted by Crippen LogP contribution is -2.58. The molecule has 1 aliphatic carbocycles. The highest BCUT2D eigenvalue weighted by Crippen LogP contribution is 2.44. The van der Waals surface area contributed by atoms with Crippen LogP contribution < -0.4 is 5.32 Å². The number of piperidine rings is 1. The zero-order valence-electron chi connectivity index (χ0n) is 17.3. The lowest BCUT2D eigenvalue weighted by atomic mass is 9.91. The van der Waals surface area contributed by atoms with Crippen molar-refractivity contribution >= 4 is 18.0 Å². The first-order valence-corrected chi connectivity index (χ1v) is 10.4.